The van der Waals surface area contributed by atoms with Crippen molar-refractivity contribution >= 4 is 11.0 Å². The molecule has 0 bridgehead atoms. The number of hydrogen-bond donors (Lipinski definition) is 2. The highest BCUT2D eigenvalue weighted by atomic mass is 19.4. The SMILES string of the molecule is OCc1cc2[nH]cnc2cc1OC(F)(F)F. The molecule has 0 saturated carbocycles. The van der Waals surface area contributed by atoms with Gasteiger partial charge in [0.05, 0.1) is 24.0 Å². The first-order chi connectivity index (χ1) is 7.49. The van der Waals surface area contributed by atoms with Crippen LogP contribution in [0.1, 0.15) is 5.56 Å². The molecule has 16 heavy (non-hydrogen) atoms. The van der Waals surface area contributed by atoms with E-state index >= 15 is 0 Å². The summed E-state index contributed by atoms with van der Waals surface area (Å²) in [7, 11) is 0. The van der Waals surface area contributed by atoms with E-state index < -0.39 is 18.7 Å². The molecular formula is C9H7F3N2O2. The fourth-order valence-electron chi connectivity index (χ4n) is 1.35. The van der Waals surface area contributed by atoms with Crippen molar-refractivity contribution in [2.75, 3.05) is 0 Å². The Balaban J connectivity index is 2.48. The number of ether oxygens (including phenoxy) is 1. The van der Waals surface area contributed by atoms with Crippen molar-refractivity contribution < 1.29 is 23.0 Å². The average Bonchev–Trinajstić information content (AvgIpc) is 2.60. The minimum Gasteiger partial charge on any atom is -0.405 e. The van der Waals surface area contributed by atoms with E-state index in [2.05, 4.69) is 14.7 Å². The van der Waals surface area contributed by atoms with Crippen molar-refractivity contribution in [1.29, 1.82) is 0 Å². The topological polar surface area (TPSA) is 58.1 Å². The van der Waals surface area contributed by atoms with Crippen LogP contribution in [0.25, 0.3) is 11.0 Å². The van der Waals surface area contributed by atoms with E-state index in [1.807, 2.05) is 0 Å². The Morgan fingerprint density at radius 2 is 2.12 bits per heavy atom. The van der Waals surface area contributed by atoms with Gasteiger partial charge in [0, 0.05) is 11.6 Å². The molecule has 0 aliphatic carbocycles. The van der Waals surface area contributed by atoms with Crippen LogP contribution in [-0.2, 0) is 6.61 Å². The highest BCUT2D eigenvalue weighted by Gasteiger charge is 2.32. The molecule has 0 radical (unpaired) electrons. The summed E-state index contributed by atoms with van der Waals surface area (Å²) >= 11 is 0. The number of aliphatic hydroxyl groups is 1. The molecule has 86 valence electrons. The lowest BCUT2D eigenvalue weighted by molar-refractivity contribution is -0.275. The molecule has 0 aliphatic heterocycles. The second-order valence-corrected chi connectivity index (χ2v) is 3.09. The number of aromatic amines is 1. The molecule has 1 aromatic heterocycles. The summed E-state index contributed by atoms with van der Waals surface area (Å²) in [4.78, 5) is 6.53. The molecule has 2 N–H and O–H groups in total. The van der Waals surface area contributed by atoms with E-state index in [9.17, 15) is 13.2 Å². The Labute approximate surface area is 87.7 Å². The Bertz CT molecular complexity index is 507. The molecule has 0 atom stereocenters. The van der Waals surface area contributed by atoms with E-state index in [0.717, 1.165) is 6.07 Å². The van der Waals surface area contributed by atoms with Gasteiger partial charge >= 0.3 is 6.36 Å². The van der Waals surface area contributed by atoms with Gasteiger partial charge in [-0.2, -0.15) is 0 Å². The van der Waals surface area contributed by atoms with Crippen LogP contribution in [0.3, 0.4) is 0 Å². The summed E-state index contributed by atoms with van der Waals surface area (Å²) in [6.45, 7) is -0.541. The van der Waals surface area contributed by atoms with Gasteiger partial charge in [0.2, 0.25) is 0 Å². The van der Waals surface area contributed by atoms with E-state index in [4.69, 9.17) is 5.11 Å². The first-order valence-corrected chi connectivity index (χ1v) is 4.32. The molecule has 7 heteroatoms. The number of alkyl halides is 3. The number of nitrogens with zero attached hydrogens (tertiary/aromatic N) is 1. The molecule has 0 fully saturated rings. The minimum atomic E-state index is -4.78. The van der Waals surface area contributed by atoms with Crippen LogP contribution < -0.4 is 4.74 Å². The third kappa shape index (κ3) is 2.08. The zero-order valence-electron chi connectivity index (χ0n) is 7.88. The first kappa shape index (κ1) is 10.7. The largest absolute Gasteiger partial charge is 0.573 e. The van der Waals surface area contributed by atoms with Crippen LogP contribution in [0.2, 0.25) is 0 Å². The molecule has 1 heterocycles. The number of halogens is 3. The fourth-order valence-corrected chi connectivity index (χ4v) is 1.35. The van der Waals surface area contributed by atoms with Crippen LogP contribution in [0.15, 0.2) is 18.5 Å². The highest BCUT2D eigenvalue weighted by molar-refractivity contribution is 5.77. The number of fused-ring (bicyclic) bond motifs is 1. The Hall–Kier alpha value is -1.76. The number of aromatic nitrogens is 2. The zero-order chi connectivity index (χ0) is 11.8. The third-order valence-electron chi connectivity index (χ3n) is 2.00. The number of benzene rings is 1. The van der Waals surface area contributed by atoms with Crippen molar-refractivity contribution in [2.24, 2.45) is 0 Å². The lowest BCUT2D eigenvalue weighted by Crippen LogP contribution is -2.18. The van der Waals surface area contributed by atoms with Crippen molar-refractivity contribution in [3.8, 4) is 5.75 Å². The predicted molar refractivity (Wildman–Crippen MR) is 48.7 cm³/mol. The summed E-state index contributed by atoms with van der Waals surface area (Å²) in [5.41, 5.74) is 0.934. The lowest BCUT2D eigenvalue weighted by Gasteiger charge is -2.11. The van der Waals surface area contributed by atoms with Crippen LogP contribution in [0, 0.1) is 0 Å². The Morgan fingerprint density at radius 3 is 2.75 bits per heavy atom. The second-order valence-electron chi connectivity index (χ2n) is 3.09. The number of H-pyrrole nitrogens is 1. The van der Waals surface area contributed by atoms with Crippen LogP contribution in [0.4, 0.5) is 13.2 Å². The van der Waals surface area contributed by atoms with Crippen LogP contribution >= 0.6 is 0 Å². The van der Waals surface area contributed by atoms with E-state index in [1.54, 1.807) is 0 Å². The van der Waals surface area contributed by atoms with Crippen molar-refractivity contribution in [1.82, 2.24) is 9.97 Å². The highest BCUT2D eigenvalue weighted by Crippen LogP contribution is 2.29. The van der Waals surface area contributed by atoms with Crippen molar-refractivity contribution in [3.05, 3.63) is 24.0 Å². The van der Waals surface area contributed by atoms with Crippen LogP contribution in [0.5, 0.6) is 5.75 Å². The standard InChI is InChI=1S/C9H7F3N2O2/c10-9(11,12)16-8-2-7-6(13-4-14-7)1-5(8)3-15/h1-2,4,15H,3H2,(H,13,14). The first-order valence-electron chi connectivity index (χ1n) is 4.32. The molecule has 1 aromatic carbocycles. The number of hydrogen-bond acceptors (Lipinski definition) is 3. The predicted octanol–water partition coefficient (Wildman–Crippen LogP) is 1.95. The molecule has 4 nitrogen and oxygen atoms in total. The molecule has 0 spiro atoms. The maximum atomic E-state index is 12.1. The molecule has 0 amide bonds. The van der Waals surface area contributed by atoms with Crippen molar-refractivity contribution in [2.45, 2.75) is 13.0 Å². The maximum absolute atomic E-state index is 12.1. The molecule has 0 unspecified atom stereocenters. The van der Waals surface area contributed by atoms with Gasteiger partial charge in [0.15, 0.2) is 0 Å². The third-order valence-corrected chi connectivity index (χ3v) is 2.00. The normalized spacial score (nSPS) is 12.0. The quantitative estimate of drug-likeness (QED) is 0.832. The summed E-state index contributed by atoms with van der Waals surface area (Å²) in [6, 6.07) is 2.49. The number of nitrogens with one attached hydrogen (secondary N) is 1. The van der Waals surface area contributed by atoms with E-state index in [-0.39, 0.29) is 5.56 Å². The van der Waals surface area contributed by atoms with Gasteiger partial charge in [-0.05, 0) is 6.07 Å². The lowest BCUT2D eigenvalue weighted by atomic mass is 10.2. The zero-order valence-corrected chi connectivity index (χ0v) is 7.88. The van der Waals surface area contributed by atoms with Gasteiger partial charge in [0.1, 0.15) is 5.75 Å². The van der Waals surface area contributed by atoms with Gasteiger partial charge in [-0.25, -0.2) is 4.98 Å². The van der Waals surface area contributed by atoms with Gasteiger partial charge in [-0.1, -0.05) is 0 Å². The Kier molecular flexibility index (Phi) is 2.47. The average molecular weight is 232 g/mol. The number of rotatable bonds is 2. The molecule has 0 saturated heterocycles. The molecular weight excluding hydrogens is 225 g/mol. The van der Waals surface area contributed by atoms with Crippen LogP contribution in [-0.4, -0.2) is 21.4 Å². The second kappa shape index (κ2) is 3.67. The monoisotopic (exact) mass is 232 g/mol. The summed E-state index contributed by atoms with van der Waals surface area (Å²) in [6.07, 6.45) is -3.43. The molecule has 0 aliphatic rings. The fraction of sp³-hybridized carbons (Fsp3) is 0.222. The van der Waals surface area contributed by atoms with Gasteiger partial charge in [-0.15, -0.1) is 13.2 Å². The van der Waals surface area contributed by atoms with Gasteiger partial charge < -0.3 is 14.8 Å². The smallest absolute Gasteiger partial charge is 0.405 e. The Morgan fingerprint density at radius 1 is 1.38 bits per heavy atom. The van der Waals surface area contributed by atoms with Crippen molar-refractivity contribution in [3.63, 3.8) is 0 Å². The summed E-state index contributed by atoms with van der Waals surface area (Å²) in [5.74, 6) is -0.436. The summed E-state index contributed by atoms with van der Waals surface area (Å²) < 4.78 is 39.9. The number of imidazole rings is 1. The maximum Gasteiger partial charge on any atom is 0.573 e. The van der Waals surface area contributed by atoms with Gasteiger partial charge in [-0.3, -0.25) is 0 Å². The van der Waals surface area contributed by atoms with E-state index in [1.165, 1.54) is 12.4 Å². The number of aliphatic hydroxyl groups excluding tert-OH is 1. The summed E-state index contributed by atoms with van der Waals surface area (Å²) in [5, 5.41) is 8.93. The minimum absolute atomic E-state index is 0.0501. The molecule has 2 aromatic rings. The van der Waals surface area contributed by atoms with E-state index in [0.29, 0.717) is 11.0 Å². The van der Waals surface area contributed by atoms with Gasteiger partial charge in [0.25, 0.3) is 0 Å². The molecule has 2 rings (SSSR count).